The predicted molar refractivity (Wildman–Crippen MR) is 100 cm³/mol. The van der Waals surface area contributed by atoms with Gasteiger partial charge in [-0.15, -0.1) is 5.10 Å². The van der Waals surface area contributed by atoms with Crippen molar-refractivity contribution in [2.75, 3.05) is 10.6 Å². The molecular weight excluding hydrogens is 413 g/mol. The van der Waals surface area contributed by atoms with E-state index in [2.05, 4.69) is 20.8 Å². The second-order valence-electron chi connectivity index (χ2n) is 5.66. The summed E-state index contributed by atoms with van der Waals surface area (Å²) in [5, 5.41) is 10.2. The molecule has 0 saturated heterocycles. The fourth-order valence-corrected chi connectivity index (χ4v) is 2.45. The first-order valence-electron chi connectivity index (χ1n) is 7.99. The van der Waals surface area contributed by atoms with Gasteiger partial charge in [0.15, 0.2) is 0 Å². The number of ether oxygens (including phenoxy) is 1. The van der Waals surface area contributed by atoms with Gasteiger partial charge in [-0.3, -0.25) is 4.79 Å². The number of anilines is 2. The number of carbonyl (C=O) groups excluding carboxylic acids is 1. The molecule has 3 rings (SSSR count). The van der Waals surface area contributed by atoms with Crippen molar-refractivity contribution in [2.45, 2.75) is 6.18 Å². The average Bonchev–Trinajstić information content (AvgIpc) is 2.66. The topological polar surface area (TPSA) is 96.1 Å². The number of aromatic amines is 1. The summed E-state index contributed by atoms with van der Waals surface area (Å²) in [5.41, 5.74) is -1.11. The lowest BCUT2D eigenvalue weighted by molar-refractivity contribution is -0.137. The number of carbonyl (C=O) groups is 1. The minimum Gasteiger partial charge on any atom is -0.438 e. The molecule has 29 heavy (non-hydrogen) atoms. The van der Waals surface area contributed by atoms with E-state index < -0.39 is 22.8 Å². The molecule has 0 aliphatic carbocycles. The number of benzene rings is 2. The van der Waals surface area contributed by atoms with E-state index >= 15 is 0 Å². The molecule has 0 aliphatic rings. The quantitative estimate of drug-likeness (QED) is 0.556. The Balaban J connectivity index is 1.62. The minimum absolute atomic E-state index is 0.0664. The summed E-state index contributed by atoms with van der Waals surface area (Å²) in [5.74, 6) is 0.564. The van der Waals surface area contributed by atoms with Crippen LogP contribution >= 0.6 is 11.6 Å². The van der Waals surface area contributed by atoms with Crippen LogP contribution < -0.4 is 20.9 Å². The van der Waals surface area contributed by atoms with Crippen molar-refractivity contribution < 1.29 is 22.7 Å². The van der Waals surface area contributed by atoms with E-state index in [0.717, 1.165) is 12.1 Å². The lowest BCUT2D eigenvalue weighted by Crippen LogP contribution is -2.19. The molecule has 0 atom stereocenters. The van der Waals surface area contributed by atoms with Gasteiger partial charge >= 0.3 is 12.2 Å². The first-order valence-corrected chi connectivity index (χ1v) is 8.37. The lowest BCUT2D eigenvalue weighted by Gasteiger charge is -2.12. The third kappa shape index (κ3) is 5.48. The summed E-state index contributed by atoms with van der Waals surface area (Å²) in [7, 11) is 0. The number of urea groups is 1. The number of rotatable bonds is 4. The number of alkyl halides is 3. The molecule has 0 aliphatic heterocycles. The highest BCUT2D eigenvalue weighted by atomic mass is 35.5. The number of H-pyrrole nitrogens is 1. The van der Waals surface area contributed by atoms with Gasteiger partial charge in [0.1, 0.15) is 5.75 Å². The molecule has 3 aromatic rings. The van der Waals surface area contributed by atoms with Crippen LogP contribution in [0.25, 0.3) is 0 Å². The number of aromatic nitrogens is 2. The molecule has 0 bridgehead atoms. The SMILES string of the molecule is O=C(Nc1ccc(Oc2ccc(=O)[nH]n2)cc1)Nc1ccc(Cl)c(C(F)(F)F)c1. The Kier molecular flexibility index (Phi) is 5.74. The van der Waals surface area contributed by atoms with Crippen molar-refractivity contribution in [3.05, 3.63) is 75.5 Å². The number of hydrogen-bond acceptors (Lipinski definition) is 4. The molecule has 0 spiro atoms. The molecule has 11 heteroatoms. The zero-order valence-electron chi connectivity index (χ0n) is 14.4. The summed E-state index contributed by atoms with van der Waals surface area (Å²) in [6.45, 7) is 0. The van der Waals surface area contributed by atoms with Crippen LogP contribution in [0.2, 0.25) is 5.02 Å². The van der Waals surface area contributed by atoms with Gasteiger partial charge in [-0.25, -0.2) is 9.89 Å². The fraction of sp³-hybridized carbons (Fsp3) is 0.0556. The standard InChI is InChI=1S/C18H12ClF3N4O3/c19-14-6-3-11(9-13(14)18(20,21)22)24-17(28)23-10-1-4-12(5-2-10)29-16-8-7-15(27)25-26-16/h1-9H,(H,25,27)(H2,23,24,28). The monoisotopic (exact) mass is 424 g/mol. The molecule has 0 unspecified atom stereocenters. The van der Waals surface area contributed by atoms with Gasteiger partial charge in [-0.1, -0.05) is 11.6 Å². The van der Waals surface area contributed by atoms with Crippen LogP contribution in [0.4, 0.5) is 29.3 Å². The molecule has 0 radical (unpaired) electrons. The van der Waals surface area contributed by atoms with Crippen molar-refractivity contribution >= 4 is 29.0 Å². The number of hydrogen-bond donors (Lipinski definition) is 3. The van der Waals surface area contributed by atoms with Gasteiger partial charge in [0.2, 0.25) is 5.88 Å². The highest BCUT2D eigenvalue weighted by Gasteiger charge is 2.33. The smallest absolute Gasteiger partial charge is 0.417 e. The average molecular weight is 425 g/mol. The second kappa shape index (κ2) is 8.23. The van der Waals surface area contributed by atoms with E-state index in [1.165, 1.54) is 42.5 Å². The van der Waals surface area contributed by atoms with Gasteiger partial charge in [-0.05, 0) is 42.5 Å². The molecule has 150 valence electrons. The second-order valence-corrected chi connectivity index (χ2v) is 6.06. The first kappa shape index (κ1) is 20.2. The summed E-state index contributed by atoms with van der Waals surface area (Å²) in [6, 6.07) is 11.1. The number of amides is 2. The molecule has 3 N–H and O–H groups in total. The van der Waals surface area contributed by atoms with E-state index in [-0.39, 0.29) is 17.1 Å². The van der Waals surface area contributed by atoms with Crippen molar-refractivity contribution in [1.82, 2.24) is 10.2 Å². The summed E-state index contributed by atoms with van der Waals surface area (Å²) in [4.78, 5) is 23.0. The van der Waals surface area contributed by atoms with Gasteiger partial charge in [0.25, 0.3) is 5.56 Å². The largest absolute Gasteiger partial charge is 0.438 e. The van der Waals surface area contributed by atoms with Crippen LogP contribution in [0.15, 0.2) is 59.4 Å². The number of halogens is 4. The molecular formula is C18H12ClF3N4O3. The van der Waals surface area contributed by atoms with E-state index in [4.69, 9.17) is 16.3 Å². The maximum absolute atomic E-state index is 12.9. The Morgan fingerprint density at radius 2 is 1.66 bits per heavy atom. The summed E-state index contributed by atoms with van der Waals surface area (Å²) >= 11 is 5.55. The maximum Gasteiger partial charge on any atom is 0.417 e. The molecule has 1 heterocycles. The third-order valence-electron chi connectivity index (χ3n) is 3.52. The molecule has 2 aromatic carbocycles. The van der Waals surface area contributed by atoms with Crippen LogP contribution in [-0.4, -0.2) is 16.2 Å². The summed E-state index contributed by atoms with van der Waals surface area (Å²) in [6.07, 6.45) is -4.64. The zero-order chi connectivity index (χ0) is 21.0. The van der Waals surface area contributed by atoms with E-state index in [1.54, 1.807) is 0 Å². The van der Waals surface area contributed by atoms with Gasteiger partial charge < -0.3 is 15.4 Å². The van der Waals surface area contributed by atoms with Crippen LogP contribution in [-0.2, 0) is 6.18 Å². The van der Waals surface area contributed by atoms with Crippen molar-refractivity contribution in [3.8, 4) is 11.6 Å². The number of nitrogens with one attached hydrogen (secondary N) is 3. The van der Waals surface area contributed by atoms with E-state index in [9.17, 15) is 22.8 Å². The van der Waals surface area contributed by atoms with Crippen LogP contribution in [0.5, 0.6) is 11.6 Å². The lowest BCUT2D eigenvalue weighted by atomic mass is 10.2. The molecule has 1 aromatic heterocycles. The Morgan fingerprint density at radius 1 is 1.00 bits per heavy atom. The van der Waals surface area contributed by atoms with E-state index in [1.807, 2.05) is 0 Å². The molecule has 7 nitrogen and oxygen atoms in total. The first-order chi connectivity index (χ1) is 13.7. The summed E-state index contributed by atoms with van der Waals surface area (Å²) < 4.78 is 44.1. The van der Waals surface area contributed by atoms with Crippen LogP contribution in [0, 0.1) is 0 Å². The fourth-order valence-electron chi connectivity index (χ4n) is 2.23. The maximum atomic E-state index is 12.9. The van der Waals surface area contributed by atoms with E-state index in [0.29, 0.717) is 11.4 Å². The Morgan fingerprint density at radius 3 is 2.28 bits per heavy atom. The zero-order valence-corrected chi connectivity index (χ0v) is 15.1. The van der Waals surface area contributed by atoms with Crippen molar-refractivity contribution in [3.63, 3.8) is 0 Å². The van der Waals surface area contributed by atoms with Crippen LogP contribution in [0.3, 0.4) is 0 Å². The highest BCUT2D eigenvalue weighted by molar-refractivity contribution is 6.31. The van der Waals surface area contributed by atoms with Crippen molar-refractivity contribution in [1.29, 1.82) is 0 Å². The normalized spacial score (nSPS) is 11.0. The molecule has 2 amide bonds. The van der Waals surface area contributed by atoms with Crippen molar-refractivity contribution in [2.24, 2.45) is 0 Å². The Hall–Kier alpha value is -3.53. The molecule has 0 saturated carbocycles. The van der Waals surface area contributed by atoms with Gasteiger partial charge in [-0.2, -0.15) is 13.2 Å². The highest BCUT2D eigenvalue weighted by Crippen LogP contribution is 2.36. The Bertz CT molecular complexity index is 1060. The van der Waals surface area contributed by atoms with Gasteiger partial charge in [0, 0.05) is 23.5 Å². The third-order valence-corrected chi connectivity index (χ3v) is 3.85. The van der Waals surface area contributed by atoms with Crippen LogP contribution in [0.1, 0.15) is 5.56 Å². The Labute approximate surface area is 166 Å². The molecule has 0 fully saturated rings. The van der Waals surface area contributed by atoms with Gasteiger partial charge in [0.05, 0.1) is 10.6 Å². The number of nitrogens with zero attached hydrogens (tertiary/aromatic N) is 1. The minimum atomic E-state index is -4.64. The predicted octanol–water partition coefficient (Wildman–Crippen LogP) is 4.88.